The summed E-state index contributed by atoms with van der Waals surface area (Å²) in [5.74, 6) is 2.63. The molecule has 1 heterocycles. The van der Waals surface area contributed by atoms with Crippen molar-refractivity contribution in [3.63, 3.8) is 0 Å². The number of terminal acetylenes is 1. The predicted molar refractivity (Wildman–Crippen MR) is 60.1 cm³/mol. The van der Waals surface area contributed by atoms with Crippen LogP contribution in [0, 0.1) is 30.1 Å². The van der Waals surface area contributed by atoms with Gasteiger partial charge in [-0.15, -0.1) is 6.42 Å². The number of amides is 2. The van der Waals surface area contributed by atoms with Gasteiger partial charge in [-0.05, 0) is 32.6 Å². The summed E-state index contributed by atoms with van der Waals surface area (Å²) < 4.78 is 0. The Morgan fingerprint density at radius 3 is 2.06 bits per heavy atom. The van der Waals surface area contributed by atoms with Gasteiger partial charge in [0.2, 0.25) is 11.8 Å². The van der Waals surface area contributed by atoms with Gasteiger partial charge in [-0.25, -0.2) is 0 Å². The lowest BCUT2D eigenvalue weighted by Gasteiger charge is -2.29. The van der Waals surface area contributed by atoms with Crippen LogP contribution in [0.1, 0.15) is 33.6 Å². The molecule has 3 nitrogen and oxygen atoms in total. The Labute approximate surface area is 96.2 Å². The first kappa shape index (κ1) is 11.2. The fraction of sp³-hybridized carbons (Fsp3) is 0.692. The van der Waals surface area contributed by atoms with Crippen molar-refractivity contribution in [2.45, 2.75) is 39.2 Å². The van der Waals surface area contributed by atoms with Gasteiger partial charge in [0.1, 0.15) is 5.54 Å². The van der Waals surface area contributed by atoms with Gasteiger partial charge in [-0.3, -0.25) is 14.5 Å². The number of carbonyl (C=O) groups excluding carboxylic acids is 2. The number of carbonyl (C=O) groups is 2. The van der Waals surface area contributed by atoms with Crippen molar-refractivity contribution in [3.8, 4) is 12.3 Å². The topological polar surface area (TPSA) is 37.4 Å². The second kappa shape index (κ2) is 3.35. The normalized spacial score (nSPS) is 34.1. The molecule has 2 amide bonds. The average molecular weight is 219 g/mol. The van der Waals surface area contributed by atoms with Crippen molar-refractivity contribution >= 4 is 11.8 Å². The maximum absolute atomic E-state index is 12.2. The van der Waals surface area contributed by atoms with E-state index in [-0.39, 0.29) is 23.7 Å². The molecule has 2 rings (SSSR count). The summed E-state index contributed by atoms with van der Waals surface area (Å²) in [6.07, 6.45) is 7.04. The fourth-order valence-electron chi connectivity index (χ4n) is 2.89. The number of likely N-dealkylation sites (tertiary alicyclic amines) is 1. The van der Waals surface area contributed by atoms with Crippen LogP contribution in [0.4, 0.5) is 0 Å². The third kappa shape index (κ3) is 1.36. The standard InChI is InChI=1S/C13H17NO2/c1-5-13(3,4)14-11(15)9-6-8(2)7-10(9)12(14)16/h1,8-10H,6-7H2,2-4H3. The number of imide groups is 1. The SMILES string of the molecule is C#CC(C)(C)N1C(=O)C2CC(C)CC2C1=O. The summed E-state index contributed by atoms with van der Waals surface area (Å²) in [5.41, 5.74) is -0.790. The van der Waals surface area contributed by atoms with Gasteiger partial charge in [0.15, 0.2) is 0 Å². The summed E-state index contributed by atoms with van der Waals surface area (Å²) in [7, 11) is 0. The van der Waals surface area contributed by atoms with E-state index < -0.39 is 5.54 Å². The zero-order valence-electron chi connectivity index (χ0n) is 9.99. The van der Waals surface area contributed by atoms with Crippen LogP contribution in [-0.4, -0.2) is 22.3 Å². The Bertz CT molecular complexity index is 367. The zero-order valence-corrected chi connectivity index (χ0v) is 9.99. The third-order valence-corrected chi connectivity index (χ3v) is 3.79. The van der Waals surface area contributed by atoms with Crippen LogP contribution in [0.2, 0.25) is 0 Å². The van der Waals surface area contributed by atoms with Gasteiger partial charge in [-0.2, -0.15) is 0 Å². The molecule has 1 aliphatic heterocycles. The molecular weight excluding hydrogens is 202 g/mol. The molecule has 0 spiro atoms. The highest BCUT2D eigenvalue weighted by molar-refractivity contribution is 6.06. The maximum Gasteiger partial charge on any atom is 0.234 e. The smallest absolute Gasteiger partial charge is 0.234 e. The minimum Gasteiger partial charge on any atom is -0.274 e. The van der Waals surface area contributed by atoms with Gasteiger partial charge < -0.3 is 0 Å². The molecule has 0 aromatic rings. The van der Waals surface area contributed by atoms with Crippen LogP contribution < -0.4 is 0 Å². The highest BCUT2D eigenvalue weighted by atomic mass is 16.2. The molecule has 3 heteroatoms. The minimum absolute atomic E-state index is 0.0673. The van der Waals surface area contributed by atoms with Gasteiger partial charge in [-0.1, -0.05) is 12.8 Å². The Morgan fingerprint density at radius 2 is 1.69 bits per heavy atom. The van der Waals surface area contributed by atoms with E-state index in [4.69, 9.17) is 6.42 Å². The lowest BCUT2D eigenvalue weighted by atomic mass is 10.00. The van der Waals surface area contributed by atoms with Crippen molar-refractivity contribution in [3.05, 3.63) is 0 Å². The van der Waals surface area contributed by atoms with E-state index in [0.717, 1.165) is 12.8 Å². The Hall–Kier alpha value is -1.30. The van der Waals surface area contributed by atoms with Crippen LogP contribution in [0.15, 0.2) is 0 Å². The molecule has 86 valence electrons. The number of fused-ring (bicyclic) bond motifs is 1. The quantitative estimate of drug-likeness (QED) is 0.494. The first-order valence-electron chi connectivity index (χ1n) is 5.74. The molecule has 0 radical (unpaired) electrons. The molecule has 0 N–H and O–H groups in total. The van der Waals surface area contributed by atoms with E-state index in [1.165, 1.54) is 4.90 Å². The van der Waals surface area contributed by atoms with Crippen LogP contribution in [0.3, 0.4) is 0 Å². The lowest BCUT2D eigenvalue weighted by Crippen LogP contribution is -2.47. The number of nitrogens with zero attached hydrogens (tertiary/aromatic N) is 1. The van der Waals surface area contributed by atoms with Gasteiger partial charge in [0.05, 0.1) is 11.8 Å². The fourth-order valence-corrected chi connectivity index (χ4v) is 2.89. The zero-order chi connectivity index (χ0) is 12.1. The molecule has 2 unspecified atom stereocenters. The number of hydrogen-bond donors (Lipinski definition) is 0. The van der Waals surface area contributed by atoms with Crippen LogP contribution in [0.5, 0.6) is 0 Å². The van der Waals surface area contributed by atoms with E-state index in [0.29, 0.717) is 5.92 Å². The molecule has 1 saturated heterocycles. The van der Waals surface area contributed by atoms with Gasteiger partial charge in [0.25, 0.3) is 0 Å². The third-order valence-electron chi connectivity index (χ3n) is 3.79. The number of hydrogen-bond acceptors (Lipinski definition) is 2. The Morgan fingerprint density at radius 1 is 1.25 bits per heavy atom. The average Bonchev–Trinajstić information content (AvgIpc) is 2.68. The largest absolute Gasteiger partial charge is 0.274 e. The summed E-state index contributed by atoms with van der Waals surface area (Å²) in [6.45, 7) is 5.58. The van der Waals surface area contributed by atoms with E-state index in [2.05, 4.69) is 12.8 Å². The number of rotatable bonds is 1. The molecule has 0 aromatic heterocycles. The van der Waals surface area contributed by atoms with Crippen molar-refractivity contribution in [1.29, 1.82) is 0 Å². The predicted octanol–water partition coefficient (Wildman–Crippen LogP) is 1.43. The highest BCUT2D eigenvalue weighted by Gasteiger charge is 2.55. The Balaban J connectivity index is 2.32. The molecule has 2 fully saturated rings. The molecule has 2 aliphatic rings. The van der Waals surface area contributed by atoms with E-state index >= 15 is 0 Å². The first-order chi connectivity index (χ1) is 7.38. The van der Waals surface area contributed by atoms with Crippen molar-refractivity contribution in [2.75, 3.05) is 0 Å². The van der Waals surface area contributed by atoms with E-state index in [1.807, 2.05) is 0 Å². The van der Waals surface area contributed by atoms with Crippen LogP contribution in [-0.2, 0) is 9.59 Å². The van der Waals surface area contributed by atoms with Gasteiger partial charge in [0, 0.05) is 0 Å². The van der Waals surface area contributed by atoms with Crippen molar-refractivity contribution in [1.82, 2.24) is 4.90 Å². The van der Waals surface area contributed by atoms with Gasteiger partial charge >= 0.3 is 0 Å². The van der Waals surface area contributed by atoms with E-state index in [9.17, 15) is 9.59 Å². The molecule has 0 aromatic carbocycles. The van der Waals surface area contributed by atoms with E-state index in [1.54, 1.807) is 13.8 Å². The molecule has 1 saturated carbocycles. The van der Waals surface area contributed by atoms with Crippen LogP contribution in [0.25, 0.3) is 0 Å². The second-order valence-corrected chi connectivity index (χ2v) is 5.50. The molecular formula is C13H17NO2. The maximum atomic E-state index is 12.2. The molecule has 16 heavy (non-hydrogen) atoms. The molecule has 1 aliphatic carbocycles. The summed E-state index contributed by atoms with van der Waals surface area (Å²) >= 11 is 0. The highest BCUT2D eigenvalue weighted by Crippen LogP contribution is 2.44. The minimum atomic E-state index is -0.790. The first-order valence-corrected chi connectivity index (χ1v) is 5.74. The lowest BCUT2D eigenvalue weighted by molar-refractivity contribution is -0.144. The van der Waals surface area contributed by atoms with Crippen molar-refractivity contribution in [2.24, 2.45) is 17.8 Å². The summed E-state index contributed by atoms with van der Waals surface area (Å²) in [4.78, 5) is 25.6. The monoisotopic (exact) mass is 219 g/mol. The Kier molecular flexibility index (Phi) is 2.34. The summed E-state index contributed by atoms with van der Waals surface area (Å²) in [6, 6.07) is 0. The second-order valence-electron chi connectivity index (χ2n) is 5.50. The van der Waals surface area contributed by atoms with Crippen molar-refractivity contribution < 1.29 is 9.59 Å². The molecule has 2 atom stereocenters. The molecule has 0 bridgehead atoms. The van der Waals surface area contributed by atoms with Crippen LogP contribution >= 0.6 is 0 Å². The summed E-state index contributed by atoms with van der Waals surface area (Å²) in [5, 5.41) is 0.